The number of aliphatic hydroxyl groups is 2. The Kier molecular flexibility index (Phi) is 8.51. The van der Waals surface area contributed by atoms with Gasteiger partial charge >= 0.3 is 6.03 Å². The first-order valence-corrected chi connectivity index (χ1v) is 12.6. The molecule has 2 aromatic carbocycles. The van der Waals surface area contributed by atoms with Crippen LogP contribution < -0.4 is 14.8 Å². The third kappa shape index (κ3) is 6.67. The lowest BCUT2D eigenvalue weighted by Crippen LogP contribution is -2.40. The minimum atomic E-state index is -2.26. The van der Waals surface area contributed by atoms with Gasteiger partial charge in [-0.15, -0.1) is 0 Å². The molecule has 0 saturated carbocycles. The maximum Gasteiger partial charge on any atom is 0.339 e. The van der Waals surface area contributed by atoms with Crippen LogP contribution >= 0.6 is 0 Å². The van der Waals surface area contributed by atoms with Crippen LogP contribution in [-0.2, 0) is 22.4 Å². The summed E-state index contributed by atoms with van der Waals surface area (Å²) >= 11 is -2.26. The van der Waals surface area contributed by atoms with E-state index in [1.165, 1.54) is 12.1 Å². The number of hydrogen-bond donors (Lipinski definition) is 4. The van der Waals surface area contributed by atoms with Gasteiger partial charge in [0, 0.05) is 5.69 Å². The number of nitriles is 1. The standard InChI is InChI=1S/C26H36N4O4S/c1-15(2)21-9-17(14-27)10-22(16(3)4)23(21)29-24(31)30(35(28)34)20-12-18(25(5,6)32)11-19(13-20)26(7,8)33/h9-13,15-16,32-33H,28H2,1-8H3,(H,29,31). The summed E-state index contributed by atoms with van der Waals surface area (Å²) in [5.74, 6) is -0.0125. The quantitative estimate of drug-likeness (QED) is 0.431. The topological polar surface area (TPSA) is 140 Å². The lowest BCUT2D eigenvalue weighted by molar-refractivity contribution is 0.0719. The summed E-state index contributed by atoms with van der Waals surface area (Å²) in [4.78, 5) is 13.5. The van der Waals surface area contributed by atoms with Crippen LogP contribution in [0.4, 0.5) is 16.2 Å². The van der Waals surface area contributed by atoms with Crippen molar-refractivity contribution in [2.24, 2.45) is 5.14 Å². The maximum atomic E-state index is 13.5. The van der Waals surface area contributed by atoms with Crippen LogP contribution in [0.15, 0.2) is 30.3 Å². The summed E-state index contributed by atoms with van der Waals surface area (Å²) in [5, 5.41) is 39.3. The monoisotopic (exact) mass is 500 g/mol. The van der Waals surface area contributed by atoms with Crippen molar-refractivity contribution in [2.75, 3.05) is 9.62 Å². The second-order valence-electron chi connectivity index (χ2n) is 10.3. The average molecular weight is 501 g/mol. The van der Waals surface area contributed by atoms with E-state index in [4.69, 9.17) is 5.14 Å². The number of urea groups is 1. The molecule has 1 unspecified atom stereocenters. The Hall–Kier alpha value is -2.77. The molecule has 0 radical (unpaired) electrons. The van der Waals surface area contributed by atoms with Crippen molar-refractivity contribution in [1.82, 2.24) is 0 Å². The fourth-order valence-electron chi connectivity index (χ4n) is 3.70. The van der Waals surface area contributed by atoms with Gasteiger partial charge < -0.3 is 15.5 Å². The minimum Gasteiger partial charge on any atom is -0.386 e. The minimum absolute atomic E-state index is 0.00627. The number of carbonyl (C=O) groups is 1. The predicted octanol–water partition coefficient (Wildman–Crippen LogP) is 4.84. The molecule has 1 atom stereocenters. The number of rotatable bonds is 7. The summed E-state index contributed by atoms with van der Waals surface area (Å²) in [6.07, 6.45) is 0. The van der Waals surface area contributed by atoms with E-state index in [1.54, 1.807) is 45.9 Å². The Morgan fingerprint density at radius 3 is 1.71 bits per heavy atom. The van der Waals surface area contributed by atoms with Crippen molar-refractivity contribution in [1.29, 1.82) is 5.26 Å². The first kappa shape index (κ1) is 28.5. The second-order valence-corrected chi connectivity index (χ2v) is 11.3. The Morgan fingerprint density at radius 1 is 0.971 bits per heavy atom. The summed E-state index contributed by atoms with van der Waals surface area (Å²) in [7, 11) is 0. The van der Waals surface area contributed by atoms with Gasteiger partial charge in [-0.05, 0) is 92.1 Å². The van der Waals surface area contributed by atoms with Gasteiger partial charge in [0.1, 0.15) is 0 Å². The Balaban J connectivity index is 2.70. The number of amides is 2. The molecule has 0 bridgehead atoms. The van der Waals surface area contributed by atoms with Gasteiger partial charge in [0.25, 0.3) is 0 Å². The van der Waals surface area contributed by atoms with E-state index in [1.807, 2.05) is 27.7 Å². The number of carbonyl (C=O) groups excluding carboxylic acids is 1. The molecule has 2 amide bonds. The highest BCUT2D eigenvalue weighted by Crippen LogP contribution is 2.36. The van der Waals surface area contributed by atoms with E-state index in [9.17, 15) is 24.5 Å². The number of nitrogens with one attached hydrogen (secondary N) is 1. The molecule has 0 aromatic heterocycles. The van der Waals surface area contributed by atoms with E-state index >= 15 is 0 Å². The largest absolute Gasteiger partial charge is 0.386 e. The first-order chi connectivity index (χ1) is 16.0. The number of hydrogen-bond acceptors (Lipinski definition) is 5. The van der Waals surface area contributed by atoms with Crippen LogP contribution in [0.2, 0.25) is 0 Å². The molecule has 0 aliphatic carbocycles. The normalized spacial score (nSPS) is 13.0. The fourth-order valence-corrected chi connectivity index (χ4v) is 4.23. The molecule has 2 rings (SSSR count). The number of nitrogens with two attached hydrogens (primary N) is 1. The smallest absolute Gasteiger partial charge is 0.339 e. The molecule has 0 aliphatic rings. The van der Waals surface area contributed by atoms with Gasteiger partial charge in [-0.3, -0.25) is 0 Å². The molecular weight excluding hydrogens is 464 g/mol. The van der Waals surface area contributed by atoms with Crippen LogP contribution in [0, 0.1) is 11.3 Å². The summed E-state index contributed by atoms with van der Waals surface area (Å²) in [6.45, 7) is 14.1. The van der Waals surface area contributed by atoms with Crippen LogP contribution in [0.5, 0.6) is 0 Å². The fraction of sp³-hybridized carbons (Fsp3) is 0.462. The molecule has 35 heavy (non-hydrogen) atoms. The molecule has 0 saturated heterocycles. The van der Waals surface area contributed by atoms with Gasteiger partial charge in [0.05, 0.1) is 28.5 Å². The predicted molar refractivity (Wildman–Crippen MR) is 140 cm³/mol. The van der Waals surface area contributed by atoms with Crippen molar-refractivity contribution in [2.45, 2.75) is 78.4 Å². The van der Waals surface area contributed by atoms with Crippen molar-refractivity contribution < 1.29 is 19.2 Å². The van der Waals surface area contributed by atoms with Crippen molar-refractivity contribution in [3.63, 3.8) is 0 Å². The molecular formula is C26H36N4O4S. The highest BCUT2D eigenvalue weighted by atomic mass is 32.2. The zero-order valence-electron chi connectivity index (χ0n) is 21.6. The third-order valence-corrected chi connectivity index (χ3v) is 6.47. The van der Waals surface area contributed by atoms with E-state index < -0.39 is 28.4 Å². The highest BCUT2D eigenvalue weighted by molar-refractivity contribution is 7.85. The van der Waals surface area contributed by atoms with E-state index in [0.717, 1.165) is 15.4 Å². The summed E-state index contributed by atoms with van der Waals surface area (Å²) in [6, 6.07) is 9.56. The third-order valence-electron chi connectivity index (χ3n) is 5.73. The molecule has 0 fully saturated rings. The Morgan fingerprint density at radius 2 is 1.40 bits per heavy atom. The lowest BCUT2D eigenvalue weighted by Gasteiger charge is -2.28. The van der Waals surface area contributed by atoms with Crippen LogP contribution in [0.3, 0.4) is 0 Å². The van der Waals surface area contributed by atoms with Gasteiger partial charge in [-0.25, -0.2) is 14.1 Å². The number of benzene rings is 2. The maximum absolute atomic E-state index is 13.5. The molecule has 0 heterocycles. The average Bonchev–Trinajstić information content (AvgIpc) is 2.71. The zero-order valence-corrected chi connectivity index (χ0v) is 22.4. The van der Waals surface area contributed by atoms with Crippen LogP contribution in [0.1, 0.15) is 95.0 Å². The highest BCUT2D eigenvalue weighted by Gasteiger charge is 2.29. The molecule has 2 aromatic rings. The summed E-state index contributed by atoms with van der Waals surface area (Å²) < 4.78 is 13.5. The zero-order chi connectivity index (χ0) is 26.9. The van der Waals surface area contributed by atoms with Gasteiger partial charge in [0.15, 0.2) is 0 Å². The number of anilines is 2. The molecule has 9 heteroatoms. The first-order valence-electron chi connectivity index (χ1n) is 11.4. The Bertz CT molecular complexity index is 1110. The Labute approximate surface area is 210 Å². The molecule has 8 nitrogen and oxygen atoms in total. The molecule has 0 aliphatic heterocycles. The van der Waals surface area contributed by atoms with Crippen molar-refractivity contribution >= 4 is 28.6 Å². The molecule has 5 N–H and O–H groups in total. The SMILES string of the molecule is CC(C)c1cc(C#N)cc(C(C)C)c1NC(=O)N(c1cc(C(C)(C)O)cc(C(C)(C)O)c1)S(N)=O. The van der Waals surface area contributed by atoms with E-state index in [2.05, 4.69) is 11.4 Å². The van der Waals surface area contributed by atoms with Crippen LogP contribution in [0.25, 0.3) is 0 Å². The van der Waals surface area contributed by atoms with Crippen molar-refractivity contribution in [3.8, 4) is 6.07 Å². The molecule has 0 spiro atoms. The second kappa shape index (κ2) is 10.5. The summed E-state index contributed by atoms with van der Waals surface area (Å²) in [5.41, 5.74) is 0.967. The van der Waals surface area contributed by atoms with Gasteiger partial charge in [-0.2, -0.15) is 9.57 Å². The van der Waals surface area contributed by atoms with E-state index in [-0.39, 0.29) is 17.5 Å². The van der Waals surface area contributed by atoms with Crippen LogP contribution in [-0.4, -0.2) is 20.5 Å². The van der Waals surface area contributed by atoms with Crippen molar-refractivity contribution in [3.05, 3.63) is 58.1 Å². The number of nitrogens with zero attached hydrogens (tertiary/aromatic N) is 2. The van der Waals surface area contributed by atoms with Gasteiger partial charge in [-0.1, -0.05) is 27.7 Å². The van der Waals surface area contributed by atoms with Gasteiger partial charge in [0.2, 0.25) is 11.2 Å². The van der Waals surface area contributed by atoms with E-state index in [0.29, 0.717) is 22.4 Å². The molecule has 190 valence electrons. The lowest BCUT2D eigenvalue weighted by atomic mass is 9.90.